The fourth-order valence-corrected chi connectivity index (χ4v) is 20.8. The summed E-state index contributed by atoms with van der Waals surface area (Å²) < 4.78 is 28.8. The lowest BCUT2D eigenvalue weighted by atomic mass is 9.73. The molecule has 11 aliphatic heterocycles. The van der Waals surface area contributed by atoms with Gasteiger partial charge in [0.1, 0.15) is 10.2 Å². The average Bonchev–Trinajstić information content (AvgIpc) is 1.56. The minimum Gasteiger partial charge on any atom is -0.480 e. The first kappa shape index (κ1) is 83.4. The summed E-state index contributed by atoms with van der Waals surface area (Å²) in [6.45, 7) is 13.5. The minimum atomic E-state index is -0.142. The Morgan fingerprint density at radius 3 is 1.22 bits per heavy atom. The van der Waals surface area contributed by atoms with E-state index in [9.17, 15) is 19.2 Å². The number of halogens is 5. The van der Waals surface area contributed by atoms with Crippen LogP contribution in [-0.4, -0.2) is 194 Å². The number of nitrogens with two attached hydrogens (primary N) is 4. The molecule has 4 spiro atoms. The SMILES string of the molecule is COc1nccc(C2=NCc3nc(N4CCC5(CC4)CO[C@@H](C)[C@H]5N)n(C)c(=O)c32)c1Cl.Cn1c(N2CCC3(CC2)COC[C@H]3N)nc2c(c1=O)C(c1cccc(Cl)c1Cl)=NC2.Cn1c(N2CCC3(CC2)COC[C@H]3N)nc2c(c1=O)C(c1ccnc(Cl)c1Cl)=NC2.Cn1c(N2CCC3(CCC[C@H]3N)CC2)nc2c(c1=O)C(c1ccccc1)=NC2. The molecule has 35 heteroatoms. The molecule has 632 valence electrons. The smallest absolute Gasteiger partial charge is 0.264 e. The van der Waals surface area contributed by atoms with Crippen molar-refractivity contribution in [1.82, 2.24) is 48.2 Å². The van der Waals surface area contributed by atoms with Crippen molar-refractivity contribution in [2.45, 2.75) is 134 Å². The highest BCUT2D eigenvalue weighted by Crippen LogP contribution is 2.48. The van der Waals surface area contributed by atoms with E-state index in [2.05, 4.69) is 49.5 Å². The van der Waals surface area contributed by atoms with E-state index in [-0.39, 0.29) is 72.9 Å². The zero-order valence-electron chi connectivity index (χ0n) is 68.1. The number of ether oxygens (including phenoxy) is 4. The Bertz CT molecular complexity index is 5570. The highest BCUT2D eigenvalue weighted by Gasteiger charge is 2.50. The van der Waals surface area contributed by atoms with Crippen molar-refractivity contribution >= 4 is 105 Å². The molecule has 17 heterocycles. The standard InChI is InChI=1S/C22H27ClN6O3.C22H27N5O.C21H23Cl2N5O2.C20H22Cl2N6O2/c1-12-18(24)22(11-32-12)5-8-29(9-6-22)21-27-14-10-26-17(15(14)20(30)28(21)2)13-4-7-25-19(31-3)16(13)23;1-26-20(28)18-16(14-24-19(18)15-6-3-2-4-7-15)25-21(26)27-12-10-22(11-13-27)9-5-8-17(22)23;1-27-19(29)16-14(9-25-18(16)12-3-2-4-13(22)17(12)23)26-20(27)28-7-5-21(6-8-28)11-30-10-15(21)24;1-27-18(29)14-12(8-25-16(14)11-2-5-24-17(22)15(11)21)26-19(27)28-6-3-20(4-7-28)10-30-9-13(20)23/h4,7,12,18H,5-6,8-11,24H2,1-3H3;2-4,6-7,17H,5,8-14,23H2,1H3;2-4,15H,5-11,24H2,1H3;2,5,13H,3-4,6-10,23H2,1H3/t12-,18+;17-;15-;13-/m0111/s1. The average molecular weight is 1730 g/mol. The van der Waals surface area contributed by atoms with Crippen molar-refractivity contribution in [2.75, 3.05) is 112 Å². The molecule has 0 unspecified atom stereocenters. The molecule has 0 amide bonds. The summed E-state index contributed by atoms with van der Waals surface area (Å²) in [6, 6.07) is 19.2. The number of methoxy groups -OCH3 is 1. The Kier molecular flexibility index (Phi) is 23.2. The molecule has 20 rings (SSSR count). The first-order valence-electron chi connectivity index (χ1n) is 41.1. The van der Waals surface area contributed by atoms with E-state index in [0.717, 1.165) is 140 Å². The summed E-state index contributed by atoms with van der Waals surface area (Å²) in [4.78, 5) is 108. The van der Waals surface area contributed by atoms with Gasteiger partial charge in [-0.05, 0) is 94.7 Å². The van der Waals surface area contributed by atoms with Crippen LogP contribution in [0, 0.1) is 21.7 Å². The van der Waals surface area contributed by atoms with Crippen molar-refractivity contribution in [3.8, 4) is 5.88 Å². The van der Waals surface area contributed by atoms with Crippen LogP contribution in [0.15, 0.2) is 112 Å². The summed E-state index contributed by atoms with van der Waals surface area (Å²) >= 11 is 31.4. The van der Waals surface area contributed by atoms with Crippen LogP contribution in [0.25, 0.3) is 0 Å². The zero-order valence-corrected chi connectivity index (χ0v) is 71.9. The lowest BCUT2D eigenvalue weighted by molar-refractivity contribution is 0.0973. The Labute approximate surface area is 719 Å². The van der Waals surface area contributed by atoms with Crippen molar-refractivity contribution < 1.29 is 18.9 Å². The molecule has 1 aliphatic carbocycles. The molecular weight excluding hydrogens is 1630 g/mol. The number of rotatable bonds is 9. The van der Waals surface area contributed by atoms with Gasteiger partial charge in [-0.1, -0.05) is 107 Å². The normalized spacial score (nSPS) is 23.0. The van der Waals surface area contributed by atoms with Crippen LogP contribution in [-0.2, 0) is 68.6 Å². The van der Waals surface area contributed by atoms with Crippen molar-refractivity contribution in [1.29, 1.82) is 0 Å². The van der Waals surface area contributed by atoms with Crippen LogP contribution in [0.1, 0.15) is 145 Å². The Balaban J connectivity index is 0.000000114. The molecule has 1 saturated carbocycles. The Morgan fingerprint density at radius 1 is 0.433 bits per heavy atom. The first-order chi connectivity index (χ1) is 57.8. The molecule has 8 fully saturated rings. The summed E-state index contributed by atoms with van der Waals surface area (Å²) in [5.74, 6) is 3.08. The lowest BCUT2D eigenvalue weighted by Crippen LogP contribution is -2.51. The van der Waals surface area contributed by atoms with Crippen LogP contribution >= 0.6 is 58.0 Å². The largest absolute Gasteiger partial charge is 0.480 e. The van der Waals surface area contributed by atoms with Crippen molar-refractivity contribution in [2.24, 2.45) is 92.8 Å². The molecule has 8 N–H and O–H groups in total. The van der Waals surface area contributed by atoms with Crippen molar-refractivity contribution in [3.63, 3.8) is 0 Å². The molecule has 12 aliphatic rings. The van der Waals surface area contributed by atoms with Gasteiger partial charge in [-0.2, -0.15) is 0 Å². The third-order valence-electron chi connectivity index (χ3n) is 27.5. The number of pyridine rings is 2. The molecule has 0 bridgehead atoms. The van der Waals surface area contributed by atoms with Crippen LogP contribution in [0.5, 0.6) is 5.88 Å². The zero-order chi connectivity index (χ0) is 84.0. The molecule has 8 aromatic rings. The number of hydrogen-bond acceptors (Lipinski definition) is 26. The van der Waals surface area contributed by atoms with E-state index in [1.165, 1.54) is 20.0 Å². The van der Waals surface area contributed by atoms with E-state index in [0.29, 0.717) is 176 Å². The fraction of sp³-hybridized carbons (Fsp3) is 0.506. The van der Waals surface area contributed by atoms with E-state index in [4.69, 9.17) is 120 Å². The molecule has 30 nitrogen and oxygen atoms in total. The first-order valence-corrected chi connectivity index (χ1v) is 43.0. The molecule has 5 atom stereocenters. The maximum Gasteiger partial charge on any atom is 0.264 e. The van der Waals surface area contributed by atoms with Gasteiger partial charge in [0.25, 0.3) is 22.2 Å². The summed E-state index contributed by atoms with van der Waals surface area (Å²) in [6.07, 6.45) is 14.6. The topological polar surface area (TPSA) is 369 Å². The maximum atomic E-state index is 13.4. The Morgan fingerprint density at radius 2 is 0.825 bits per heavy atom. The highest BCUT2D eigenvalue weighted by atomic mass is 35.5. The van der Waals surface area contributed by atoms with Gasteiger partial charge in [-0.25, -0.2) is 29.9 Å². The van der Waals surface area contributed by atoms with E-state index < -0.39 is 0 Å². The Hall–Kier alpha value is -8.89. The summed E-state index contributed by atoms with van der Waals surface area (Å²) in [5, 5.41) is 1.63. The number of piperidine rings is 4. The summed E-state index contributed by atoms with van der Waals surface area (Å²) in [7, 11) is 8.60. The van der Waals surface area contributed by atoms with E-state index in [1.807, 2.05) is 50.4 Å². The third-order valence-corrected chi connectivity index (χ3v) is 29.4. The fourth-order valence-electron chi connectivity index (χ4n) is 19.8. The van der Waals surface area contributed by atoms with Gasteiger partial charge >= 0.3 is 0 Å². The minimum absolute atomic E-state index is 0.00189. The number of aromatic nitrogens is 10. The maximum absolute atomic E-state index is 13.4. The molecular formula is C85H99Cl5N22O8. The second kappa shape index (κ2) is 33.4. The molecule has 7 saturated heterocycles. The van der Waals surface area contributed by atoms with Gasteiger partial charge < -0.3 is 61.5 Å². The summed E-state index contributed by atoms with van der Waals surface area (Å²) in [5.41, 5.74) is 35.6. The van der Waals surface area contributed by atoms with Crippen LogP contribution in [0.4, 0.5) is 23.8 Å². The predicted molar refractivity (Wildman–Crippen MR) is 467 cm³/mol. The number of benzene rings is 2. The van der Waals surface area contributed by atoms with Gasteiger partial charge in [-0.3, -0.25) is 57.4 Å². The number of fused-ring (bicyclic) bond motifs is 4. The quantitative estimate of drug-likeness (QED) is 0.0997. The third kappa shape index (κ3) is 14.7. The van der Waals surface area contributed by atoms with Gasteiger partial charge in [-0.15, -0.1) is 0 Å². The second-order valence-electron chi connectivity index (χ2n) is 33.8. The van der Waals surface area contributed by atoms with Crippen molar-refractivity contribution in [3.05, 3.63) is 207 Å². The number of nitrogens with zero attached hydrogens (tertiary/aromatic N) is 18. The molecule has 6 aromatic heterocycles. The number of aliphatic imine (C=N–C) groups is 4. The van der Waals surface area contributed by atoms with Gasteiger partial charge in [0.2, 0.25) is 29.7 Å². The number of hydrogen-bond donors (Lipinski definition) is 4. The monoisotopic (exact) mass is 1730 g/mol. The second-order valence-corrected chi connectivity index (χ2v) is 35.7. The van der Waals surface area contributed by atoms with Crippen LogP contribution in [0.3, 0.4) is 0 Å². The van der Waals surface area contributed by atoms with E-state index >= 15 is 0 Å². The molecule has 120 heavy (non-hydrogen) atoms. The molecule has 0 radical (unpaired) electrons. The predicted octanol–water partition coefficient (Wildman–Crippen LogP) is 7.91. The van der Waals surface area contributed by atoms with Gasteiger partial charge in [0.15, 0.2) is 0 Å². The van der Waals surface area contributed by atoms with Gasteiger partial charge in [0, 0.05) is 156 Å². The molecule has 2 aromatic carbocycles. The number of anilines is 4. The van der Waals surface area contributed by atoms with Crippen LogP contribution in [0.2, 0.25) is 25.2 Å². The lowest BCUT2D eigenvalue weighted by Gasteiger charge is -2.42. The van der Waals surface area contributed by atoms with E-state index in [1.54, 1.807) is 76.1 Å². The van der Waals surface area contributed by atoms with Crippen LogP contribution < -0.4 is 69.5 Å². The highest BCUT2D eigenvalue weighted by molar-refractivity contribution is 6.45. The van der Waals surface area contributed by atoms with Gasteiger partial charge in [0.05, 0.1) is 155 Å².